The molecule has 2 aromatic rings. The molecule has 2 aliphatic rings. The van der Waals surface area contributed by atoms with Crippen molar-refractivity contribution in [3.05, 3.63) is 69.7 Å². The maximum atomic E-state index is 14.9. The van der Waals surface area contributed by atoms with Gasteiger partial charge in [0.2, 0.25) is 0 Å². The van der Waals surface area contributed by atoms with Crippen LogP contribution in [-0.2, 0) is 21.7 Å². The van der Waals surface area contributed by atoms with Crippen molar-refractivity contribution in [3.63, 3.8) is 0 Å². The lowest BCUT2D eigenvalue weighted by Gasteiger charge is -2.45. The third-order valence-corrected chi connectivity index (χ3v) is 7.57. The Morgan fingerprint density at radius 2 is 2.00 bits per heavy atom. The van der Waals surface area contributed by atoms with Crippen LogP contribution in [0.25, 0.3) is 0 Å². The SMILES string of the molecule is O=C(CC1=N[C@@]2(c3cc(Br)c(F)cc3F)CCCC[C@H]2CS1)OCc1ccccc1. The van der Waals surface area contributed by atoms with Crippen molar-refractivity contribution in [2.24, 2.45) is 10.9 Å². The lowest BCUT2D eigenvalue weighted by Crippen LogP contribution is -2.42. The van der Waals surface area contributed by atoms with Gasteiger partial charge in [-0.1, -0.05) is 43.2 Å². The molecule has 2 aromatic carbocycles. The summed E-state index contributed by atoms with van der Waals surface area (Å²) >= 11 is 4.73. The molecule has 0 unspecified atom stereocenters. The first-order valence-electron chi connectivity index (χ1n) is 10.0. The van der Waals surface area contributed by atoms with Gasteiger partial charge in [0.25, 0.3) is 0 Å². The third-order valence-electron chi connectivity index (χ3n) is 5.83. The fourth-order valence-electron chi connectivity index (χ4n) is 4.32. The summed E-state index contributed by atoms with van der Waals surface area (Å²) in [7, 11) is 0. The van der Waals surface area contributed by atoms with Gasteiger partial charge in [-0.3, -0.25) is 9.79 Å². The third kappa shape index (κ3) is 4.47. The summed E-state index contributed by atoms with van der Waals surface area (Å²) in [6, 6.07) is 11.9. The average Bonchev–Trinajstić information content (AvgIpc) is 2.75. The molecule has 1 aliphatic heterocycles. The number of aliphatic imine (C=N–C) groups is 1. The van der Waals surface area contributed by atoms with E-state index in [4.69, 9.17) is 9.73 Å². The highest BCUT2D eigenvalue weighted by atomic mass is 79.9. The van der Waals surface area contributed by atoms with Crippen molar-refractivity contribution in [2.75, 3.05) is 5.75 Å². The zero-order valence-electron chi connectivity index (χ0n) is 16.4. The van der Waals surface area contributed by atoms with Crippen LogP contribution in [-0.4, -0.2) is 16.8 Å². The molecule has 0 aromatic heterocycles. The first kappa shape index (κ1) is 21.5. The van der Waals surface area contributed by atoms with Gasteiger partial charge in [0.1, 0.15) is 18.2 Å². The number of halogens is 3. The largest absolute Gasteiger partial charge is 0.461 e. The van der Waals surface area contributed by atoms with Gasteiger partial charge in [-0.25, -0.2) is 8.78 Å². The van der Waals surface area contributed by atoms with Crippen molar-refractivity contribution in [3.8, 4) is 0 Å². The molecule has 3 nitrogen and oxygen atoms in total. The summed E-state index contributed by atoms with van der Waals surface area (Å²) in [4.78, 5) is 17.3. The fourth-order valence-corrected chi connectivity index (χ4v) is 5.95. The highest BCUT2D eigenvalue weighted by Gasteiger charge is 2.46. The van der Waals surface area contributed by atoms with Crippen LogP contribution in [0.5, 0.6) is 0 Å². The average molecular weight is 494 g/mol. The van der Waals surface area contributed by atoms with Gasteiger partial charge in [0, 0.05) is 17.4 Å². The van der Waals surface area contributed by atoms with Crippen molar-refractivity contribution in [1.82, 2.24) is 0 Å². The van der Waals surface area contributed by atoms with E-state index in [0.29, 0.717) is 17.0 Å². The number of hydrogen-bond acceptors (Lipinski definition) is 4. The second kappa shape index (κ2) is 9.18. The Labute approximate surface area is 187 Å². The van der Waals surface area contributed by atoms with Gasteiger partial charge in [-0.05, 0) is 46.3 Å². The van der Waals surface area contributed by atoms with E-state index in [9.17, 15) is 13.6 Å². The van der Waals surface area contributed by atoms with Crippen LogP contribution in [0.1, 0.15) is 43.2 Å². The minimum Gasteiger partial charge on any atom is -0.461 e. The Bertz CT molecular complexity index is 969. The van der Waals surface area contributed by atoms with E-state index in [-0.39, 0.29) is 29.4 Å². The van der Waals surface area contributed by atoms with Crippen LogP contribution in [0.4, 0.5) is 8.78 Å². The molecule has 0 saturated heterocycles. The van der Waals surface area contributed by atoms with E-state index in [1.807, 2.05) is 30.3 Å². The Morgan fingerprint density at radius 1 is 1.20 bits per heavy atom. The summed E-state index contributed by atoms with van der Waals surface area (Å²) in [6.45, 7) is 0.213. The fraction of sp³-hybridized carbons (Fsp3) is 0.391. The van der Waals surface area contributed by atoms with E-state index >= 15 is 0 Å². The number of carbonyl (C=O) groups excluding carboxylic acids is 1. The summed E-state index contributed by atoms with van der Waals surface area (Å²) in [5.74, 6) is -0.634. The predicted octanol–water partition coefficient (Wildman–Crippen LogP) is 6.39. The molecule has 1 saturated carbocycles. The molecule has 0 amide bonds. The highest BCUT2D eigenvalue weighted by Crippen LogP contribution is 2.51. The molecule has 0 spiro atoms. The molecule has 30 heavy (non-hydrogen) atoms. The molecule has 1 aliphatic carbocycles. The lowest BCUT2D eigenvalue weighted by molar-refractivity contribution is -0.143. The van der Waals surface area contributed by atoms with Crippen molar-refractivity contribution in [2.45, 2.75) is 44.2 Å². The topological polar surface area (TPSA) is 38.7 Å². The Morgan fingerprint density at radius 3 is 2.80 bits per heavy atom. The number of carbonyl (C=O) groups is 1. The first-order chi connectivity index (χ1) is 14.5. The number of fused-ring (bicyclic) bond motifs is 1. The van der Waals surface area contributed by atoms with Gasteiger partial charge in [0.15, 0.2) is 0 Å². The monoisotopic (exact) mass is 493 g/mol. The normalized spacial score (nSPS) is 23.4. The van der Waals surface area contributed by atoms with Crippen LogP contribution in [0.3, 0.4) is 0 Å². The van der Waals surface area contributed by atoms with E-state index in [1.54, 1.807) is 11.8 Å². The van der Waals surface area contributed by atoms with Gasteiger partial charge in [0.05, 0.1) is 21.5 Å². The summed E-state index contributed by atoms with van der Waals surface area (Å²) < 4.78 is 34.3. The molecule has 0 bridgehead atoms. The molecule has 7 heteroatoms. The standard InChI is InChI=1S/C23H22BrF2NO2S/c24-18-10-17(19(25)11-20(18)26)23-9-5-4-8-16(23)14-30-21(27-23)12-22(28)29-13-15-6-2-1-3-7-15/h1-3,6-7,10-11,16H,4-5,8-9,12-14H2/t16-,23-/m0/s1. The zero-order chi connectivity index (χ0) is 21.1. The minimum absolute atomic E-state index is 0.0654. The predicted molar refractivity (Wildman–Crippen MR) is 118 cm³/mol. The molecular formula is C23H22BrF2NO2S. The van der Waals surface area contributed by atoms with Gasteiger partial charge >= 0.3 is 5.97 Å². The molecule has 0 N–H and O–H groups in total. The van der Waals surface area contributed by atoms with Crippen LogP contribution < -0.4 is 0 Å². The summed E-state index contributed by atoms with van der Waals surface area (Å²) in [5, 5.41) is 0.658. The maximum Gasteiger partial charge on any atom is 0.312 e. The smallest absolute Gasteiger partial charge is 0.312 e. The van der Waals surface area contributed by atoms with E-state index < -0.39 is 17.2 Å². The van der Waals surface area contributed by atoms with Gasteiger partial charge in [-0.15, -0.1) is 11.8 Å². The number of esters is 1. The van der Waals surface area contributed by atoms with Crippen molar-refractivity contribution < 1.29 is 18.3 Å². The second-order valence-corrected chi connectivity index (χ2v) is 9.70. The molecule has 158 valence electrons. The van der Waals surface area contributed by atoms with Crippen molar-refractivity contribution >= 4 is 38.7 Å². The Kier molecular flexibility index (Phi) is 6.58. The number of rotatable bonds is 5. The summed E-state index contributed by atoms with van der Waals surface area (Å²) in [6.07, 6.45) is 3.69. The quantitative estimate of drug-likeness (QED) is 0.357. The van der Waals surface area contributed by atoms with Crippen LogP contribution in [0, 0.1) is 17.6 Å². The maximum absolute atomic E-state index is 14.9. The second-order valence-electron chi connectivity index (χ2n) is 7.75. The molecule has 0 radical (unpaired) electrons. The Balaban J connectivity index is 1.57. The Hall–Kier alpha value is -1.73. The zero-order valence-corrected chi connectivity index (χ0v) is 18.8. The van der Waals surface area contributed by atoms with Crippen LogP contribution >= 0.6 is 27.7 Å². The van der Waals surface area contributed by atoms with Gasteiger partial charge < -0.3 is 4.74 Å². The van der Waals surface area contributed by atoms with Crippen LogP contribution in [0.2, 0.25) is 0 Å². The molecule has 1 fully saturated rings. The molecular weight excluding hydrogens is 472 g/mol. The highest BCUT2D eigenvalue weighted by molar-refractivity contribution is 9.10. The number of benzene rings is 2. The minimum atomic E-state index is -0.751. The number of ether oxygens (including phenoxy) is 1. The molecule has 2 atom stereocenters. The van der Waals surface area contributed by atoms with E-state index in [0.717, 1.165) is 36.6 Å². The number of thioether (sulfide) groups is 1. The van der Waals surface area contributed by atoms with E-state index in [1.165, 1.54) is 6.07 Å². The summed E-state index contributed by atoms with van der Waals surface area (Å²) in [5.41, 5.74) is 0.584. The first-order valence-corrected chi connectivity index (χ1v) is 11.8. The van der Waals surface area contributed by atoms with Crippen LogP contribution in [0.15, 0.2) is 51.9 Å². The van der Waals surface area contributed by atoms with E-state index in [2.05, 4.69) is 15.9 Å². The van der Waals surface area contributed by atoms with Crippen molar-refractivity contribution in [1.29, 1.82) is 0 Å². The molecule has 1 heterocycles. The number of hydrogen-bond donors (Lipinski definition) is 0. The number of nitrogens with zero attached hydrogens (tertiary/aromatic N) is 1. The van der Waals surface area contributed by atoms with Gasteiger partial charge in [-0.2, -0.15) is 0 Å². The molecule has 4 rings (SSSR count). The lowest BCUT2D eigenvalue weighted by atomic mass is 9.69.